The summed E-state index contributed by atoms with van der Waals surface area (Å²) < 4.78 is 5.38. The minimum absolute atomic E-state index is 0.0765. The molecule has 0 bridgehead atoms. The Morgan fingerprint density at radius 3 is 2.68 bits per heavy atom. The van der Waals surface area contributed by atoms with Crippen LogP contribution in [0.15, 0.2) is 66.2 Å². The second-order valence-corrected chi connectivity index (χ2v) is 8.10. The summed E-state index contributed by atoms with van der Waals surface area (Å²) in [6, 6.07) is 17.2. The van der Waals surface area contributed by atoms with Gasteiger partial charge in [0.05, 0.1) is 24.1 Å². The van der Waals surface area contributed by atoms with E-state index in [2.05, 4.69) is 15.3 Å². The number of anilines is 1. The number of nitrogens with one attached hydrogen (secondary N) is 1. The predicted molar refractivity (Wildman–Crippen MR) is 121 cm³/mol. The second kappa shape index (κ2) is 9.49. The van der Waals surface area contributed by atoms with Gasteiger partial charge in [-0.15, -0.1) is 11.3 Å². The highest BCUT2D eigenvalue weighted by Crippen LogP contribution is 2.18. The fourth-order valence-corrected chi connectivity index (χ4v) is 3.92. The number of ether oxygens (including phenoxy) is 1. The molecule has 0 fully saturated rings. The lowest BCUT2D eigenvalue weighted by molar-refractivity contribution is -0.144. The average molecular weight is 432 g/mol. The third-order valence-corrected chi connectivity index (χ3v) is 5.58. The Bertz CT molecular complexity index is 1210. The molecule has 0 radical (unpaired) electrons. The SMILES string of the molecule is Cc1ccc(NC(=O)Cc2nc(COC(=O)Cc3cccc4cccnc34)cs2)cc1. The van der Waals surface area contributed by atoms with Crippen LogP contribution in [0.4, 0.5) is 5.69 Å². The molecule has 0 saturated heterocycles. The molecule has 4 rings (SSSR count). The summed E-state index contributed by atoms with van der Waals surface area (Å²) in [7, 11) is 0. The number of carbonyl (C=O) groups is 2. The lowest BCUT2D eigenvalue weighted by Gasteiger charge is -2.06. The van der Waals surface area contributed by atoms with Gasteiger partial charge >= 0.3 is 5.97 Å². The minimum Gasteiger partial charge on any atom is -0.459 e. The Labute approximate surface area is 183 Å². The summed E-state index contributed by atoms with van der Waals surface area (Å²) in [4.78, 5) is 33.3. The van der Waals surface area contributed by atoms with Crippen LogP contribution < -0.4 is 5.32 Å². The Kier molecular flexibility index (Phi) is 6.33. The second-order valence-electron chi connectivity index (χ2n) is 7.15. The third kappa shape index (κ3) is 5.52. The first-order valence-corrected chi connectivity index (χ1v) is 10.7. The number of rotatable bonds is 7. The van der Waals surface area contributed by atoms with Crippen molar-refractivity contribution < 1.29 is 14.3 Å². The van der Waals surface area contributed by atoms with Crippen LogP contribution >= 0.6 is 11.3 Å². The van der Waals surface area contributed by atoms with Gasteiger partial charge in [0.25, 0.3) is 0 Å². The first-order chi connectivity index (χ1) is 15.1. The number of nitrogens with zero attached hydrogens (tertiary/aromatic N) is 2. The van der Waals surface area contributed by atoms with Crippen molar-refractivity contribution in [1.82, 2.24) is 9.97 Å². The van der Waals surface area contributed by atoms with E-state index in [9.17, 15) is 9.59 Å². The first-order valence-electron chi connectivity index (χ1n) is 9.85. The Morgan fingerprint density at radius 1 is 1.03 bits per heavy atom. The molecule has 0 aliphatic carbocycles. The van der Waals surface area contributed by atoms with E-state index in [-0.39, 0.29) is 31.3 Å². The van der Waals surface area contributed by atoms with E-state index in [0.29, 0.717) is 10.7 Å². The molecule has 4 aromatic rings. The third-order valence-electron chi connectivity index (χ3n) is 4.68. The quantitative estimate of drug-likeness (QED) is 0.437. The van der Waals surface area contributed by atoms with Crippen LogP contribution in [-0.2, 0) is 33.8 Å². The van der Waals surface area contributed by atoms with Gasteiger partial charge in [-0.25, -0.2) is 4.98 Å². The molecule has 0 aliphatic rings. The highest BCUT2D eigenvalue weighted by molar-refractivity contribution is 7.09. The van der Waals surface area contributed by atoms with E-state index in [0.717, 1.165) is 27.7 Å². The maximum Gasteiger partial charge on any atom is 0.310 e. The van der Waals surface area contributed by atoms with Gasteiger partial charge in [0.2, 0.25) is 5.91 Å². The fraction of sp³-hybridized carbons (Fsp3) is 0.167. The fourth-order valence-electron chi connectivity index (χ4n) is 3.15. The summed E-state index contributed by atoms with van der Waals surface area (Å²) in [5, 5.41) is 6.32. The molecule has 156 valence electrons. The number of esters is 1. The molecule has 0 spiro atoms. The summed E-state index contributed by atoms with van der Waals surface area (Å²) >= 11 is 1.38. The Balaban J connectivity index is 1.29. The number of amides is 1. The molecule has 6 nitrogen and oxygen atoms in total. The number of hydrogen-bond acceptors (Lipinski definition) is 6. The zero-order chi connectivity index (χ0) is 21.6. The van der Waals surface area contributed by atoms with Gasteiger partial charge in [-0.05, 0) is 30.7 Å². The number of aryl methyl sites for hydroxylation is 1. The summed E-state index contributed by atoms with van der Waals surface area (Å²) in [6.07, 6.45) is 2.03. The normalized spacial score (nSPS) is 10.7. The van der Waals surface area contributed by atoms with Gasteiger partial charge in [-0.3, -0.25) is 14.6 Å². The number of carbonyl (C=O) groups excluding carboxylic acids is 2. The molecule has 0 atom stereocenters. The maximum absolute atomic E-state index is 12.3. The zero-order valence-electron chi connectivity index (χ0n) is 17.0. The molecule has 0 saturated carbocycles. The molecule has 1 amide bonds. The van der Waals surface area contributed by atoms with E-state index in [4.69, 9.17) is 4.74 Å². The molecule has 31 heavy (non-hydrogen) atoms. The van der Waals surface area contributed by atoms with Crippen molar-refractivity contribution in [2.24, 2.45) is 0 Å². The van der Waals surface area contributed by atoms with Gasteiger partial charge in [0.1, 0.15) is 11.6 Å². The number of thiazole rings is 1. The monoisotopic (exact) mass is 431 g/mol. The lowest BCUT2D eigenvalue weighted by Crippen LogP contribution is -2.14. The van der Waals surface area contributed by atoms with E-state index >= 15 is 0 Å². The van der Waals surface area contributed by atoms with Crippen molar-refractivity contribution in [3.63, 3.8) is 0 Å². The molecule has 2 heterocycles. The number of pyridine rings is 1. The lowest BCUT2D eigenvalue weighted by atomic mass is 10.1. The van der Waals surface area contributed by atoms with Crippen molar-refractivity contribution in [3.05, 3.63) is 88.0 Å². The predicted octanol–water partition coefficient (Wildman–Crippen LogP) is 4.47. The average Bonchev–Trinajstić information content (AvgIpc) is 3.21. The summed E-state index contributed by atoms with van der Waals surface area (Å²) in [6.45, 7) is 2.07. The van der Waals surface area contributed by atoms with Crippen LogP contribution in [0.1, 0.15) is 21.8 Å². The van der Waals surface area contributed by atoms with E-state index in [1.165, 1.54) is 11.3 Å². The number of benzene rings is 2. The maximum atomic E-state index is 12.3. The minimum atomic E-state index is -0.343. The van der Waals surface area contributed by atoms with E-state index in [1.54, 1.807) is 11.6 Å². The number of aromatic nitrogens is 2. The van der Waals surface area contributed by atoms with Crippen molar-refractivity contribution in [1.29, 1.82) is 0 Å². The smallest absolute Gasteiger partial charge is 0.310 e. The number of fused-ring (bicyclic) bond motifs is 1. The number of hydrogen-bond donors (Lipinski definition) is 1. The molecule has 7 heteroatoms. The highest BCUT2D eigenvalue weighted by Gasteiger charge is 2.12. The van der Waals surface area contributed by atoms with Crippen molar-refractivity contribution in [2.75, 3.05) is 5.32 Å². The Morgan fingerprint density at radius 2 is 1.84 bits per heavy atom. The van der Waals surface area contributed by atoms with Crippen molar-refractivity contribution in [2.45, 2.75) is 26.4 Å². The molecule has 1 N–H and O–H groups in total. The zero-order valence-corrected chi connectivity index (χ0v) is 17.8. The van der Waals surface area contributed by atoms with E-state index in [1.807, 2.05) is 61.5 Å². The summed E-state index contributed by atoms with van der Waals surface area (Å²) in [5.41, 5.74) is 4.15. The van der Waals surface area contributed by atoms with Crippen LogP contribution in [0.2, 0.25) is 0 Å². The van der Waals surface area contributed by atoms with Gasteiger partial charge in [0, 0.05) is 22.7 Å². The molecule has 2 aromatic heterocycles. The first kappa shape index (κ1) is 20.7. The van der Waals surface area contributed by atoms with Crippen molar-refractivity contribution >= 4 is 39.8 Å². The van der Waals surface area contributed by atoms with Gasteiger partial charge in [-0.2, -0.15) is 0 Å². The highest BCUT2D eigenvalue weighted by atomic mass is 32.1. The Hall–Kier alpha value is -3.58. The van der Waals surface area contributed by atoms with Crippen molar-refractivity contribution in [3.8, 4) is 0 Å². The van der Waals surface area contributed by atoms with Gasteiger partial charge in [-0.1, -0.05) is 42.0 Å². The molecule has 2 aromatic carbocycles. The molecular formula is C24H21N3O3S. The van der Waals surface area contributed by atoms with Crippen LogP contribution in [0.5, 0.6) is 0 Å². The molecule has 0 unspecified atom stereocenters. The van der Waals surface area contributed by atoms with Gasteiger partial charge in [0.15, 0.2) is 0 Å². The van der Waals surface area contributed by atoms with Crippen LogP contribution in [0.3, 0.4) is 0 Å². The van der Waals surface area contributed by atoms with Crippen LogP contribution in [0, 0.1) is 6.92 Å². The largest absolute Gasteiger partial charge is 0.459 e. The van der Waals surface area contributed by atoms with Crippen LogP contribution in [0.25, 0.3) is 10.9 Å². The van der Waals surface area contributed by atoms with Gasteiger partial charge < -0.3 is 10.1 Å². The molecule has 0 aliphatic heterocycles. The molecular weight excluding hydrogens is 410 g/mol. The van der Waals surface area contributed by atoms with E-state index < -0.39 is 0 Å². The van der Waals surface area contributed by atoms with Crippen LogP contribution in [-0.4, -0.2) is 21.8 Å². The summed E-state index contributed by atoms with van der Waals surface area (Å²) in [5.74, 6) is -0.477. The topological polar surface area (TPSA) is 81.2 Å². The number of para-hydroxylation sites is 1. The standard InChI is InChI=1S/C24H21N3O3S/c1-16-7-9-19(10-8-16)26-21(28)13-22-27-20(15-31-22)14-30-23(29)12-18-5-2-4-17-6-3-11-25-24(17)18/h2-11,15H,12-14H2,1H3,(H,26,28).